The van der Waals surface area contributed by atoms with E-state index in [1.165, 1.54) is 18.4 Å². The maximum Gasteiger partial charge on any atom is 0.123 e. The molecule has 0 radical (unpaired) electrons. The van der Waals surface area contributed by atoms with E-state index in [-0.39, 0.29) is 11.9 Å². The first-order chi connectivity index (χ1) is 8.34. The third-order valence-corrected chi connectivity index (χ3v) is 3.79. The van der Waals surface area contributed by atoms with Crippen LogP contribution >= 0.6 is 0 Å². The molecular weight excluding hydrogens is 217 g/mol. The van der Waals surface area contributed by atoms with Gasteiger partial charge < -0.3 is 10.1 Å². The normalized spacial score (nSPS) is 28.8. The molecule has 3 heteroatoms. The van der Waals surface area contributed by atoms with Gasteiger partial charge in [-0.25, -0.2) is 4.39 Å². The first-order valence-corrected chi connectivity index (χ1v) is 6.48. The number of rotatable bonds is 1. The molecule has 1 N–H and O–H groups in total. The molecular formula is C14H18FNO. The third kappa shape index (κ3) is 2.22. The summed E-state index contributed by atoms with van der Waals surface area (Å²) >= 11 is 0. The minimum absolute atomic E-state index is 0.111. The standard InChI is InChI=1S/C14H18FNO/c15-11-4-5-12-10(9-11)6-8-17-14(12)13-3-1-2-7-16-13/h4-5,9,13-14,16H,1-3,6-8H2/t13?,14-/m0/s1. The topological polar surface area (TPSA) is 21.3 Å². The number of ether oxygens (including phenoxy) is 1. The van der Waals surface area contributed by atoms with Crippen molar-refractivity contribution in [3.05, 3.63) is 35.1 Å². The lowest BCUT2D eigenvalue weighted by Crippen LogP contribution is -2.41. The van der Waals surface area contributed by atoms with Crippen LogP contribution in [0, 0.1) is 5.82 Å². The molecule has 0 saturated carbocycles. The van der Waals surface area contributed by atoms with Crippen molar-refractivity contribution in [1.29, 1.82) is 0 Å². The Morgan fingerprint density at radius 2 is 2.24 bits per heavy atom. The molecule has 17 heavy (non-hydrogen) atoms. The molecule has 0 bridgehead atoms. The SMILES string of the molecule is Fc1ccc2c(c1)CCO[C@@H]2C1CCCCN1. The van der Waals surface area contributed by atoms with Gasteiger partial charge in [0.1, 0.15) is 5.82 Å². The zero-order valence-electron chi connectivity index (χ0n) is 9.92. The number of hydrogen-bond donors (Lipinski definition) is 1. The van der Waals surface area contributed by atoms with Gasteiger partial charge in [0.2, 0.25) is 0 Å². The molecule has 92 valence electrons. The van der Waals surface area contributed by atoms with Crippen molar-refractivity contribution in [3.63, 3.8) is 0 Å². The van der Waals surface area contributed by atoms with E-state index in [1.54, 1.807) is 12.1 Å². The zero-order valence-corrected chi connectivity index (χ0v) is 9.92. The minimum Gasteiger partial charge on any atom is -0.372 e. The number of nitrogens with one attached hydrogen (secondary N) is 1. The predicted octanol–water partition coefficient (Wildman–Crippen LogP) is 2.58. The molecule has 1 fully saturated rings. The number of benzene rings is 1. The Labute approximate surface area is 101 Å². The Kier molecular flexibility index (Phi) is 3.12. The molecule has 3 rings (SSSR count). The second kappa shape index (κ2) is 4.75. The van der Waals surface area contributed by atoms with Crippen LogP contribution in [-0.2, 0) is 11.2 Å². The van der Waals surface area contributed by atoms with Crippen LogP contribution in [0.4, 0.5) is 4.39 Å². The minimum atomic E-state index is -0.138. The highest BCUT2D eigenvalue weighted by Crippen LogP contribution is 2.32. The van der Waals surface area contributed by atoms with Crippen molar-refractivity contribution < 1.29 is 9.13 Å². The third-order valence-electron chi connectivity index (χ3n) is 3.79. The van der Waals surface area contributed by atoms with Crippen LogP contribution in [0.5, 0.6) is 0 Å². The molecule has 1 aromatic carbocycles. The highest BCUT2D eigenvalue weighted by molar-refractivity contribution is 5.32. The summed E-state index contributed by atoms with van der Waals surface area (Å²) in [6.45, 7) is 1.78. The van der Waals surface area contributed by atoms with Gasteiger partial charge >= 0.3 is 0 Å². The van der Waals surface area contributed by atoms with Crippen LogP contribution in [0.2, 0.25) is 0 Å². The van der Waals surface area contributed by atoms with Gasteiger partial charge in [0, 0.05) is 6.04 Å². The van der Waals surface area contributed by atoms with Crippen molar-refractivity contribution >= 4 is 0 Å². The van der Waals surface area contributed by atoms with Crippen molar-refractivity contribution in [2.24, 2.45) is 0 Å². The molecule has 0 aromatic heterocycles. The molecule has 0 amide bonds. The highest BCUT2D eigenvalue weighted by atomic mass is 19.1. The monoisotopic (exact) mass is 235 g/mol. The average Bonchev–Trinajstić information content (AvgIpc) is 2.39. The van der Waals surface area contributed by atoms with Crippen LogP contribution in [-0.4, -0.2) is 19.2 Å². The van der Waals surface area contributed by atoms with E-state index >= 15 is 0 Å². The van der Waals surface area contributed by atoms with E-state index in [0.717, 1.165) is 24.9 Å². The van der Waals surface area contributed by atoms with Gasteiger partial charge in [-0.3, -0.25) is 0 Å². The smallest absolute Gasteiger partial charge is 0.123 e. The molecule has 1 saturated heterocycles. The first-order valence-electron chi connectivity index (χ1n) is 6.48. The molecule has 2 aliphatic rings. The summed E-state index contributed by atoms with van der Waals surface area (Å²) in [4.78, 5) is 0. The van der Waals surface area contributed by atoms with E-state index < -0.39 is 0 Å². The molecule has 1 unspecified atom stereocenters. The van der Waals surface area contributed by atoms with Crippen LogP contribution < -0.4 is 5.32 Å². The van der Waals surface area contributed by atoms with E-state index in [2.05, 4.69) is 5.32 Å². The Balaban J connectivity index is 1.88. The van der Waals surface area contributed by atoms with Crippen LogP contribution in [0.25, 0.3) is 0 Å². The van der Waals surface area contributed by atoms with Gasteiger partial charge in [-0.2, -0.15) is 0 Å². The number of hydrogen-bond acceptors (Lipinski definition) is 2. The van der Waals surface area contributed by atoms with Gasteiger partial charge in [0.25, 0.3) is 0 Å². The summed E-state index contributed by atoms with van der Waals surface area (Å²) in [6, 6.07) is 5.50. The Bertz CT molecular complexity index is 401. The van der Waals surface area contributed by atoms with E-state index in [9.17, 15) is 4.39 Å². The highest BCUT2D eigenvalue weighted by Gasteiger charge is 2.29. The summed E-state index contributed by atoms with van der Waals surface area (Å²) in [5.74, 6) is -0.138. The second-order valence-electron chi connectivity index (χ2n) is 4.94. The average molecular weight is 235 g/mol. The van der Waals surface area contributed by atoms with Crippen molar-refractivity contribution in [2.75, 3.05) is 13.2 Å². The lowest BCUT2D eigenvalue weighted by atomic mass is 9.89. The molecule has 0 aliphatic carbocycles. The van der Waals surface area contributed by atoms with E-state index in [0.29, 0.717) is 12.6 Å². The van der Waals surface area contributed by atoms with Gasteiger partial charge in [0.15, 0.2) is 0 Å². The number of piperidine rings is 1. The lowest BCUT2D eigenvalue weighted by molar-refractivity contribution is 0.00884. The predicted molar refractivity (Wildman–Crippen MR) is 64.4 cm³/mol. The largest absolute Gasteiger partial charge is 0.372 e. The van der Waals surface area contributed by atoms with E-state index in [4.69, 9.17) is 4.74 Å². The molecule has 1 aromatic rings. The molecule has 2 atom stereocenters. The second-order valence-corrected chi connectivity index (χ2v) is 4.94. The van der Waals surface area contributed by atoms with Crippen molar-refractivity contribution in [1.82, 2.24) is 5.32 Å². The molecule has 2 heterocycles. The van der Waals surface area contributed by atoms with Gasteiger partial charge in [0.05, 0.1) is 12.7 Å². The maximum atomic E-state index is 13.2. The fourth-order valence-electron chi connectivity index (χ4n) is 2.92. The first kappa shape index (κ1) is 11.2. The van der Waals surface area contributed by atoms with Crippen LogP contribution in [0.1, 0.15) is 36.5 Å². The fraction of sp³-hybridized carbons (Fsp3) is 0.571. The van der Waals surface area contributed by atoms with Crippen LogP contribution in [0.3, 0.4) is 0 Å². The molecule has 2 nitrogen and oxygen atoms in total. The van der Waals surface area contributed by atoms with Gasteiger partial charge in [-0.1, -0.05) is 12.5 Å². The Morgan fingerprint density at radius 3 is 3.06 bits per heavy atom. The van der Waals surface area contributed by atoms with E-state index in [1.807, 2.05) is 6.07 Å². The number of fused-ring (bicyclic) bond motifs is 1. The van der Waals surface area contributed by atoms with Crippen molar-refractivity contribution in [3.8, 4) is 0 Å². The summed E-state index contributed by atoms with van der Waals surface area (Å²) in [5, 5.41) is 3.53. The van der Waals surface area contributed by atoms with Crippen molar-refractivity contribution in [2.45, 2.75) is 37.8 Å². The Morgan fingerprint density at radius 1 is 1.29 bits per heavy atom. The number of halogens is 1. The lowest BCUT2D eigenvalue weighted by Gasteiger charge is -2.35. The maximum absolute atomic E-state index is 13.2. The zero-order chi connectivity index (χ0) is 11.7. The summed E-state index contributed by atoms with van der Waals surface area (Å²) in [6.07, 6.45) is 4.60. The summed E-state index contributed by atoms with van der Waals surface area (Å²) in [5.41, 5.74) is 2.30. The van der Waals surface area contributed by atoms with Crippen LogP contribution in [0.15, 0.2) is 18.2 Å². The van der Waals surface area contributed by atoms with Gasteiger partial charge in [-0.15, -0.1) is 0 Å². The van der Waals surface area contributed by atoms with Gasteiger partial charge in [-0.05, 0) is 49.1 Å². The fourth-order valence-corrected chi connectivity index (χ4v) is 2.92. The quantitative estimate of drug-likeness (QED) is 0.807. The summed E-state index contributed by atoms with van der Waals surface area (Å²) < 4.78 is 19.1. The molecule has 2 aliphatic heterocycles. The summed E-state index contributed by atoms with van der Waals surface area (Å²) in [7, 11) is 0. The Hall–Kier alpha value is -0.930. The molecule has 0 spiro atoms.